The molecule has 0 saturated carbocycles. The number of benzene rings is 1. The van der Waals surface area contributed by atoms with Crippen LogP contribution in [0.15, 0.2) is 30.3 Å². The molecule has 2 rings (SSSR count). The van der Waals surface area contributed by atoms with Crippen molar-refractivity contribution in [3.8, 4) is 0 Å². The van der Waals surface area contributed by atoms with Crippen molar-refractivity contribution in [2.24, 2.45) is 0 Å². The predicted octanol–water partition coefficient (Wildman–Crippen LogP) is 1.37. The van der Waals surface area contributed by atoms with E-state index in [1.807, 2.05) is 35.2 Å². The molecule has 1 atom stereocenters. The van der Waals surface area contributed by atoms with Crippen LogP contribution in [0.4, 0.5) is 0 Å². The Hall–Kier alpha value is -1.96. The number of carbonyl (C=O) groups excluding carboxylic acids is 2. The molecule has 7 nitrogen and oxygen atoms in total. The van der Waals surface area contributed by atoms with Gasteiger partial charge in [-0.1, -0.05) is 44.2 Å². The zero-order chi connectivity index (χ0) is 21.1. The average molecular weight is 405 g/mol. The monoisotopic (exact) mass is 404 g/mol. The number of piperazine rings is 1. The fourth-order valence-corrected chi connectivity index (χ4v) is 3.74. The van der Waals surface area contributed by atoms with Crippen LogP contribution in [0.2, 0.25) is 0 Å². The second-order valence-corrected chi connectivity index (χ2v) is 7.33. The maximum absolute atomic E-state index is 13.4. The molecule has 1 heterocycles. The van der Waals surface area contributed by atoms with E-state index in [0.717, 1.165) is 38.2 Å². The van der Waals surface area contributed by atoms with E-state index in [9.17, 15) is 9.59 Å². The lowest BCUT2D eigenvalue weighted by Crippen LogP contribution is -2.53. The lowest BCUT2D eigenvalue weighted by Gasteiger charge is -2.38. The summed E-state index contributed by atoms with van der Waals surface area (Å²) in [4.78, 5) is 31.7. The Morgan fingerprint density at radius 3 is 2.34 bits per heavy atom. The summed E-state index contributed by atoms with van der Waals surface area (Å²) in [6.07, 6.45) is 0.816. The van der Waals surface area contributed by atoms with Gasteiger partial charge in [-0.05, 0) is 25.1 Å². The molecular weight excluding hydrogens is 368 g/mol. The van der Waals surface area contributed by atoms with Crippen molar-refractivity contribution in [2.75, 3.05) is 66.1 Å². The number of carbonyl (C=O) groups is 2. The van der Waals surface area contributed by atoms with E-state index in [1.165, 1.54) is 0 Å². The van der Waals surface area contributed by atoms with Crippen LogP contribution >= 0.6 is 0 Å². The molecule has 0 radical (unpaired) electrons. The maximum atomic E-state index is 13.4. The average Bonchev–Trinajstić information content (AvgIpc) is 2.75. The Kier molecular flexibility index (Phi) is 10.1. The van der Waals surface area contributed by atoms with Gasteiger partial charge in [-0.2, -0.15) is 0 Å². The normalized spacial score (nSPS) is 16.1. The van der Waals surface area contributed by atoms with Gasteiger partial charge in [0, 0.05) is 46.4 Å². The fraction of sp³-hybridized carbons (Fsp3) is 0.636. The fourth-order valence-electron chi connectivity index (χ4n) is 3.74. The van der Waals surface area contributed by atoms with Crippen molar-refractivity contribution in [1.29, 1.82) is 0 Å². The van der Waals surface area contributed by atoms with Gasteiger partial charge in [0.25, 0.3) is 0 Å². The van der Waals surface area contributed by atoms with Crippen LogP contribution in [-0.4, -0.2) is 92.6 Å². The van der Waals surface area contributed by atoms with E-state index >= 15 is 0 Å². The summed E-state index contributed by atoms with van der Waals surface area (Å²) >= 11 is 0. The van der Waals surface area contributed by atoms with Gasteiger partial charge in [0.2, 0.25) is 11.8 Å². The number of amides is 2. The van der Waals surface area contributed by atoms with Crippen LogP contribution in [0.3, 0.4) is 0 Å². The number of hydrogen-bond acceptors (Lipinski definition) is 5. The van der Waals surface area contributed by atoms with E-state index in [2.05, 4.69) is 29.0 Å². The number of hydrogen-bond donors (Lipinski definition) is 1. The van der Waals surface area contributed by atoms with Gasteiger partial charge in [-0.3, -0.25) is 19.4 Å². The summed E-state index contributed by atoms with van der Waals surface area (Å²) in [6, 6.07) is 9.77. The maximum Gasteiger partial charge on any atom is 0.244 e. The lowest BCUT2D eigenvalue weighted by atomic mass is 10.0. The molecule has 29 heavy (non-hydrogen) atoms. The van der Waals surface area contributed by atoms with Crippen molar-refractivity contribution in [3.63, 3.8) is 0 Å². The Morgan fingerprint density at radius 2 is 1.76 bits per heavy atom. The highest BCUT2D eigenvalue weighted by Gasteiger charge is 2.31. The minimum atomic E-state index is -0.248. The standard InChI is InChI=1S/C22H36N4O3/c1-4-25(5-2)21(19-10-7-6-8-11-19)22(28)26-15-13-24(14-16-26)18-20(27)23-12-9-17-29-3/h6-8,10-11,21H,4-5,9,12-18H2,1-3H3,(H,23,27). The molecule has 1 fully saturated rings. The second kappa shape index (κ2) is 12.6. The third kappa shape index (κ3) is 7.10. The topological polar surface area (TPSA) is 65.1 Å². The second-order valence-electron chi connectivity index (χ2n) is 7.33. The quantitative estimate of drug-likeness (QED) is 0.565. The van der Waals surface area contributed by atoms with Gasteiger partial charge in [-0.25, -0.2) is 0 Å². The van der Waals surface area contributed by atoms with E-state index in [-0.39, 0.29) is 17.9 Å². The smallest absolute Gasteiger partial charge is 0.244 e. The molecule has 0 bridgehead atoms. The Labute approximate surface area is 175 Å². The summed E-state index contributed by atoms with van der Waals surface area (Å²) in [5.41, 5.74) is 1.04. The van der Waals surface area contributed by atoms with Crippen molar-refractivity contribution in [1.82, 2.24) is 20.0 Å². The molecular formula is C22H36N4O3. The molecule has 1 aromatic rings. The number of nitrogens with one attached hydrogen (secondary N) is 1. The number of rotatable bonds is 11. The summed E-state index contributed by atoms with van der Waals surface area (Å²) in [5, 5.41) is 2.92. The molecule has 0 aromatic heterocycles. The SMILES string of the molecule is CCN(CC)C(C(=O)N1CCN(CC(=O)NCCCOC)CC1)c1ccccc1. The third-order valence-electron chi connectivity index (χ3n) is 5.43. The molecule has 1 aliphatic heterocycles. The number of methoxy groups -OCH3 is 1. The van der Waals surface area contributed by atoms with Crippen LogP contribution in [0.5, 0.6) is 0 Å². The summed E-state index contributed by atoms with van der Waals surface area (Å²) < 4.78 is 4.99. The molecule has 7 heteroatoms. The molecule has 1 saturated heterocycles. The van der Waals surface area contributed by atoms with Crippen molar-refractivity contribution >= 4 is 11.8 Å². The largest absolute Gasteiger partial charge is 0.385 e. The zero-order valence-electron chi connectivity index (χ0n) is 18.1. The highest BCUT2D eigenvalue weighted by Crippen LogP contribution is 2.23. The highest BCUT2D eigenvalue weighted by atomic mass is 16.5. The van der Waals surface area contributed by atoms with Crippen molar-refractivity contribution < 1.29 is 14.3 Å². The Balaban J connectivity index is 1.89. The highest BCUT2D eigenvalue weighted by molar-refractivity contribution is 5.83. The minimum Gasteiger partial charge on any atom is -0.385 e. The molecule has 162 valence electrons. The number of likely N-dealkylation sites (N-methyl/N-ethyl adjacent to an activating group) is 1. The summed E-state index contributed by atoms with van der Waals surface area (Å²) in [5.74, 6) is 0.190. The molecule has 1 aliphatic rings. The Bertz CT molecular complexity index is 614. The van der Waals surface area contributed by atoms with Crippen LogP contribution in [-0.2, 0) is 14.3 Å². The first-order valence-electron chi connectivity index (χ1n) is 10.7. The van der Waals surface area contributed by atoms with Crippen LogP contribution < -0.4 is 5.32 Å². The van der Waals surface area contributed by atoms with E-state index in [1.54, 1.807) is 7.11 Å². The van der Waals surface area contributed by atoms with Crippen LogP contribution in [0.1, 0.15) is 31.9 Å². The van der Waals surface area contributed by atoms with E-state index in [0.29, 0.717) is 32.8 Å². The first kappa shape index (κ1) is 23.3. The van der Waals surface area contributed by atoms with Crippen molar-refractivity contribution in [2.45, 2.75) is 26.3 Å². The van der Waals surface area contributed by atoms with Gasteiger partial charge >= 0.3 is 0 Å². The molecule has 1 unspecified atom stereocenters. The summed E-state index contributed by atoms with van der Waals surface area (Å²) in [7, 11) is 1.66. The summed E-state index contributed by atoms with van der Waals surface area (Å²) in [6.45, 7) is 10.2. The number of ether oxygens (including phenoxy) is 1. The van der Waals surface area contributed by atoms with Gasteiger partial charge < -0.3 is 15.0 Å². The Morgan fingerprint density at radius 1 is 1.10 bits per heavy atom. The molecule has 1 N–H and O–H groups in total. The lowest BCUT2D eigenvalue weighted by molar-refractivity contribution is -0.139. The zero-order valence-corrected chi connectivity index (χ0v) is 18.1. The van der Waals surface area contributed by atoms with Crippen LogP contribution in [0, 0.1) is 0 Å². The first-order chi connectivity index (χ1) is 14.1. The van der Waals surface area contributed by atoms with Gasteiger partial charge in [0.05, 0.1) is 6.54 Å². The van der Waals surface area contributed by atoms with Gasteiger partial charge in [-0.15, -0.1) is 0 Å². The van der Waals surface area contributed by atoms with E-state index in [4.69, 9.17) is 4.74 Å². The third-order valence-corrected chi connectivity index (χ3v) is 5.43. The number of nitrogens with zero attached hydrogens (tertiary/aromatic N) is 3. The molecule has 1 aromatic carbocycles. The van der Waals surface area contributed by atoms with Crippen molar-refractivity contribution in [3.05, 3.63) is 35.9 Å². The van der Waals surface area contributed by atoms with Gasteiger partial charge in [0.15, 0.2) is 0 Å². The predicted molar refractivity (Wildman–Crippen MR) is 115 cm³/mol. The van der Waals surface area contributed by atoms with E-state index < -0.39 is 0 Å². The van der Waals surface area contributed by atoms with Crippen LogP contribution in [0.25, 0.3) is 0 Å². The first-order valence-corrected chi connectivity index (χ1v) is 10.7. The minimum absolute atomic E-state index is 0.0335. The molecule has 2 amide bonds. The molecule has 0 aliphatic carbocycles. The molecule has 0 spiro atoms. The van der Waals surface area contributed by atoms with Gasteiger partial charge in [0.1, 0.15) is 6.04 Å².